The van der Waals surface area contributed by atoms with Gasteiger partial charge in [0, 0.05) is 18.0 Å². The second-order valence-corrected chi connectivity index (χ2v) is 4.43. The second kappa shape index (κ2) is 5.14. The number of amides is 1. The molecule has 0 fully saturated rings. The van der Waals surface area contributed by atoms with Crippen molar-refractivity contribution in [3.05, 3.63) is 54.4 Å². The molecule has 0 saturated carbocycles. The van der Waals surface area contributed by atoms with E-state index in [2.05, 4.69) is 10.1 Å². The number of halogens is 3. The van der Waals surface area contributed by atoms with Crippen LogP contribution in [-0.2, 0) is 0 Å². The zero-order chi connectivity index (χ0) is 15.7. The predicted octanol–water partition coefficient (Wildman–Crippen LogP) is 2.65. The predicted molar refractivity (Wildman–Crippen MR) is 71.9 cm³/mol. The van der Waals surface area contributed by atoms with E-state index in [0.717, 1.165) is 5.32 Å². The van der Waals surface area contributed by atoms with Gasteiger partial charge in [0.1, 0.15) is 11.3 Å². The standard InChI is InChI=1S/C14H9F3N4O/c15-14(16,17)19-13(22)10-11(9-5-2-1-3-6-9)20-21-8-4-7-18-12(10)21/h1-8H,(H,19,22). The van der Waals surface area contributed by atoms with E-state index in [4.69, 9.17) is 0 Å². The van der Waals surface area contributed by atoms with E-state index in [0.29, 0.717) is 5.56 Å². The van der Waals surface area contributed by atoms with Gasteiger partial charge in [-0.2, -0.15) is 18.3 Å². The van der Waals surface area contributed by atoms with Gasteiger partial charge < -0.3 is 0 Å². The van der Waals surface area contributed by atoms with Crippen molar-refractivity contribution in [3.63, 3.8) is 0 Å². The largest absolute Gasteiger partial charge is 0.484 e. The van der Waals surface area contributed by atoms with Gasteiger partial charge in [-0.1, -0.05) is 30.3 Å². The maximum Gasteiger partial charge on any atom is 0.484 e. The normalized spacial score (nSPS) is 11.6. The highest BCUT2D eigenvalue weighted by Gasteiger charge is 2.33. The summed E-state index contributed by atoms with van der Waals surface area (Å²) in [5.41, 5.74) is 0.508. The molecule has 2 heterocycles. The van der Waals surface area contributed by atoms with Crippen molar-refractivity contribution < 1.29 is 18.0 Å². The van der Waals surface area contributed by atoms with Crippen LogP contribution in [0.25, 0.3) is 16.9 Å². The number of carbonyl (C=O) groups is 1. The Morgan fingerprint density at radius 1 is 1.14 bits per heavy atom. The number of carbonyl (C=O) groups excluding carboxylic acids is 1. The molecule has 0 aliphatic heterocycles. The number of alkyl halides is 3. The summed E-state index contributed by atoms with van der Waals surface area (Å²) >= 11 is 0. The Morgan fingerprint density at radius 3 is 2.55 bits per heavy atom. The number of benzene rings is 1. The van der Waals surface area contributed by atoms with Crippen LogP contribution in [0.5, 0.6) is 0 Å². The van der Waals surface area contributed by atoms with Gasteiger partial charge in [-0.25, -0.2) is 9.50 Å². The van der Waals surface area contributed by atoms with Crippen molar-refractivity contribution in [2.75, 3.05) is 0 Å². The van der Waals surface area contributed by atoms with Crippen LogP contribution in [0.15, 0.2) is 48.8 Å². The van der Waals surface area contributed by atoms with E-state index in [1.807, 2.05) is 0 Å². The summed E-state index contributed by atoms with van der Waals surface area (Å²) in [4.78, 5) is 16.0. The van der Waals surface area contributed by atoms with E-state index in [1.165, 1.54) is 16.9 Å². The Morgan fingerprint density at radius 2 is 1.86 bits per heavy atom. The molecule has 112 valence electrons. The summed E-state index contributed by atoms with van der Waals surface area (Å²) in [6, 6.07) is 10.1. The van der Waals surface area contributed by atoms with Crippen molar-refractivity contribution in [1.82, 2.24) is 19.9 Å². The molecule has 1 aromatic carbocycles. The Balaban J connectivity index is 2.20. The van der Waals surface area contributed by atoms with Gasteiger partial charge in [0.25, 0.3) is 5.91 Å². The van der Waals surface area contributed by atoms with Crippen molar-refractivity contribution in [2.24, 2.45) is 0 Å². The third-order valence-corrected chi connectivity index (χ3v) is 2.92. The molecule has 0 radical (unpaired) electrons. The molecule has 0 atom stereocenters. The van der Waals surface area contributed by atoms with Crippen molar-refractivity contribution >= 4 is 11.6 Å². The number of rotatable bonds is 2. The van der Waals surface area contributed by atoms with Crippen LogP contribution in [0.2, 0.25) is 0 Å². The highest BCUT2D eigenvalue weighted by molar-refractivity contribution is 6.05. The molecule has 22 heavy (non-hydrogen) atoms. The van der Waals surface area contributed by atoms with Gasteiger partial charge in [0.05, 0.1) is 0 Å². The maximum atomic E-state index is 12.5. The first-order valence-corrected chi connectivity index (χ1v) is 6.24. The molecule has 0 aliphatic carbocycles. The van der Waals surface area contributed by atoms with Gasteiger partial charge >= 0.3 is 6.30 Å². The molecule has 1 amide bonds. The summed E-state index contributed by atoms with van der Waals surface area (Å²) in [7, 11) is 0. The zero-order valence-electron chi connectivity index (χ0n) is 11.0. The van der Waals surface area contributed by atoms with Gasteiger partial charge in [0.15, 0.2) is 5.65 Å². The van der Waals surface area contributed by atoms with E-state index in [1.54, 1.807) is 36.4 Å². The number of fused-ring (bicyclic) bond motifs is 1. The molecule has 8 heteroatoms. The van der Waals surface area contributed by atoms with Crippen LogP contribution in [0.1, 0.15) is 10.4 Å². The highest BCUT2D eigenvalue weighted by atomic mass is 19.4. The quantitative estimate of drug-likeness (QED) is 0.740. The average Bonchev–Trinajstić information content (AvgIpc) is 2.86. The maximum absolute atomic E-state index is 12.5. The smallest absolute Gasteiger partial charge is 0.269 e. The van der Waals surface area contributed by atoms with E-state index in [9.17, 15) is 18.0 Å². The van der Waals surface area contributed by atoms with E-state index in [-0.39, 0.29) is 16.9 Å². The van der Waals surface area contributed by atoms with Crippen molar-refractivity contribution in [2.45, 2.75) is 6.30 Å². The minimum Gasteiger partial charge on any atom is -0.269 e. The Hall–Kier alpha value is -2.90. The minimum atomic E-state index is -4.83. The number of nitrogens with zero attached hydrogens (tertiary/aromatic N) is 3. The lowest BCUT2D eigenvalue weighted by Crippen LogP contribution is -2.37. The summed E-state index contributed by atoms with van der Waals surface area (Å²) in [5.74, 6) is -1.29. The topological polar surface area (TPSA) is 59.3 Å². The lowest BCUT2D eigenvalue weighted by Gasteiger charge is -2.08. The molecule has 3 rings (SSSR count). The van der Waals surface area contributed by atoms with Crippen molar-refractivity contribution in [3.8, 4) is 11.3 Å². The fraction of sp³-hybridized carbons (Fsp3) is 0.0714. The average molecular weight is 306 g/mol. The van der Waals surface area contributed by atoms with E-state index >= 15 is 0 Å². The summed E-state index contributed by atoms with van der Waals surface area (Å²) in [6.07, 6.45) is -1.93. The molecule has 2 aromatic heterocycles. The van der Waals surface area contributed by atoms with Crippen LogP contribution in [0.3, 0.4) is 0 Å². The van der Waals surface area contributed by atoms with Crippen LogP contribution >= 0.6 is 0 Å². The van der Waals surface area contributed by atoms with Gasteiger partial charge in [-0.05, 0) is 6.07 Å². The first kappa shape index (κ1) is 14.1. The molecule has 0 aliphatic rings. The molecule has 1 N–H and O–H groups in total. The monoisotopic (exact) mass is 306 g/mol. The van der Waals surface area contributed by atoms with Crippen LogP contribution < -0.4 is 5.32 Å². The number of nitrogens with one attached hydrogen (secondary N) is 1. The first-order chi connectivity index (χ1) is 10.5. The fourth-order valence-electron chi connectivity index (χ4n) is 2.09. The summed E-state index contributed by atoms with van der Waals surface area (Å²) in [6.45, 7) is 0. The second-order valence-electron chi connectivity index (χ2n) is 4.43. The van der Waals surface area contributed by atoms with Gasteiger partial charge in [-0.15, -0.1) is 0 Å². The van der Waals surface area contributed by atoms with Crippen LogP contribution in [-0.4, -0.2) is 26.8 Å². The van der Waals surface area contributed by atoms with Crippen molar-refractivity contribution in [1.29, 1.82) is 0 Å². The summed E-state index contributed by atoms with van der Waals surface area (Å²) < 4.78 is 38.6. The van der Waals surface area contributed by atoms with E-state index < -0.39 is 12.2 Å². The molecule has 0 bridgehead atoms. The molecular weight excluding hydrogens is 297 g/mol. The summed E-state index contributed by atoms with van der Waals surface area (Å²) in [5, 5.41) is 5.15. The van der Waals surface area contributed by atoms with Gasteiger partial charge in [-0.3, -0.25) is 10.1 Å². The molecule has 0 spiro atoms. The highest BCUT2D eigenvalue weighted by Crippen LogP contribution is 2.26. The Bertz CT molecular complexity index is 827. The van der Waals surface area contributed by atoms with Gasteiger partial charge in [0.2, 0.25) is 0 Å². The first-order valence-electron chi connectivity index (χ1n) is 6.24. The molecular formula is C14H9F3N4O. The number of hydrogen-bond acceptors (Lipinski definition) is 3. The molecule has 0 unspecified atom stereocenters. The molecule has 3 aromatic rings. The third-order valence-electron chi connectivity index (χ3n) is 2.92. The number of aromatic nitrogens is 3. The Kier molecular flexibility index (Phi) is 3.28. The molecule has 0 saturated heterocycles. The molecule has 5 nitrogen and oxygen atoms in total. The minimum absolute atomic E-state index is 0.0584. The third kappa shape index (κ3) is 2.62. The van der Waals surface area contributed by atoms with Crippen LogP contribution in [0, 0.1) is 0 Å². The zero-order valence-corrected chi connectivity index (χ0v) is 11.0. The fourth-order valence-corrected chi connectivity index (χ4v) is 2.09. The number of hydrogen-bond donors (Lipinski definition) is 1. The van der Waals surface area contributed by atoms with Crippen LogP contribution in [0.4, 0.5) is 13.2 Å². The lowest BCUT2D eigenvalue weighted by atomic mass is 10.1. The Labute approximate surface area is 122 Å². The lowest BCUT2D eigenvalue weighted by molar-refractivity contribution is -0.146. The SMILES string of the molecule is O=C(NC(F)(F)F)c1c(-c2ccccc2)nn2cccnc12.